The summed E-state index contributed by atoms with van der Waals surface area (Å²) in [4.78, 5) is 79.6. The van der Waals surface area contributed by atoms with Gasteiger partial charge in [0, 0.05) is 133 Å². The average Bonchev–Trinajstić information content (AvgIpc) is 1.61. The highest BCUT2D eigenvalue weighted by Crippen LogP contribution is 2.36. The number of amides is 4. The highest BCUT2D eigenvalue weighted by molar-refractivity contribution is 7.14. The molecule has 12 aromatic carbocycles. The van der Waals surface area contributed by atoms with Crippen molar-refractivity contribution in [2.24, 2.45) is 0 Å². The minimum Gasteiger partial charge on any atom is -0.389 e. The van der Waals surface area contributed by atoms with Crippen molar-refractivity contribution >= 4 is 156 Å². The number of carbonyl (C=O) groups excluding carboxylic acids is 6. The molecule has 660 valence electrons. The summed E-state index contributed by atoms with van der Waals surface area (Å²) in [6.07, 6.45) is 3.46. The van der Waals surface area contributed by atoms with Gasteiger partial charge in [0.15, 0.2) is 11.5 Å². The molecule has 24 nitrogen and oxygen atoms in total. The SMILES string of the molecule is CC.CC.CC.CC.CC.O=C(CO)Cc1ccc(-n2c3ccccc3c3ccccc32)cc1.O=C(NO)c1ccc(C(=O)n2c3ccccc3c3ccccc32)cc1.O=C(NO)c1ccc(Cn2c3ccccc3c3ccccc32)nn1.O=C(NO)c1ccc(Cn2c3ccccc3c3ccccc32)s1.O=C(NO)c1ncc(Cn2c3ccccc3c3ccccc32)cn1. The fourth-order valence-electron chi connectivity index (χ4n) is 15.2. The number of aliphatic hydroxyl groups is 1. The molecule has 0 aliphatic carbocycles. The van der Waals surface area contributed by atoms with Gasteiger partial charge in [-0.3, -0.25) is 54.2 Å². The maximum atomic E-state index is 13.1. The quantitative estimate of drug-likeness (QED) is 0.0340. The molecule has 0 aliphatic heterocycles. The van der Waals surface area contributed by atoms with Crippen LogP contribution in [0.5, 0.6) is 0 Å². The number of para-hydroxylation sites is 10. The van der Waals surface area contributed by atoms with E-state index in [1.54, 1.807) is 63.7 Å². The second-order valence-corrected chi connectivity index (χ2v) is 29.0. The number of hydroxylamine groups is 4. The molecule has 4 amide bonds. The van der Waals surface area contributed by atoms with Crippen molar-refractivity contribution in [1.29, 1.82) is 0 Å². The Morgan fingerprint density at radius 2 is 0.654 bits per heavy atom. The number of thiophene rings is 1. The number of benzene rings is 12. The lowest BCUT2D eigenvalue weighted by Gasteiger charge is -2.08. The van der Waals surface area contributed by atoms with Crippen molar-refractivity contribution in [2.45, 2.75) is 95.3 Å². The van der Waals surface area contributed by atoms with Gasteiger partial charge in [-0.15, -0.1) is 16.4 Å². The molecular weight excluding hydrogens is 1650 g/mol. The third-order valence-electron chi connectivity index (χ3n) is 20.7. The van der Waals surface area contributed by atoms with Crippen molar-refractivity contribution in [3.63, 3.8) is 0 Å². The van der Waals surface area contributed by atoms with E-state index in [1.807, 2.05) is 233 Å². The zero-order valence-corrected chi connectivity index (χ0v) is 74.6. The van der Waals surface area contributed by atoms with E-state index in [4.69, 9.17) is 25.9 Å². The van der Waals surface area contributed by atoms with E-state index in [2.05, 4.69) is 148 Å². The van der Waals surface area contributed by atoms with E-state index in [9.17, 15) is 28.8 Å². The Morgan fingerprint density at radius 1 is 0.315 bits per heavy atom. The summed E-state index contributed by atoms with van der Waals surface area (Å²) < 4.78 is 10.6. The summed E-state index contributed by atoms with van der Waals surface area (Å²) in [6, 6.07) is 103. The van der Waals surface area contributed by atoms with Gasteiger partial charge >= 0.3 is 5.91 Å². The minimum atomic E-state index is -0.724. The van der Waals surface area contributed by atoms with Crippen LogP contribution in [0.1, 0.15) is 142 Å². The number of hydrogen-bond acceptors (Lipinski definition) is 16. The number of Topliss-reactive ketones (excluding diaryl/α,β-unsaturated/α-hetero) is 1. The summed E-state index contributed by atoms with van der Waals surface area (Å²) in [5.74, 6) is -2.89. The lowest BCUT2D eigenvalue weighted by Crippen LogP contribution is -2.21. The number of fused-ring (bicyclic) bond motifs is 15. The lowest BCUT2D eigenvalue weighted by atomic mass is 10.1. The van der Waals surface area contributed by atoms with Gasteiger partial charge in [-0.1, -0.05) is 263 Å². The van der Waals surface area contributed by atoms with Crippen LogP contribution in [-0.2, 0) is 30.8 Å². The minimum absolute atomic E-state index is 0.0662. The Balaban J connectivity index is 0.000000153. The first-order valence-corrected chi connectivity index (χ1v) is 43.8. The van der Waals surface area contributed by atoms with E-state index in [1.165, 1.54) is 83.1 Å². The molecule has 0 unspecified atom stereocenters. The number of nitrogens with one attached hydrogen (secondary N) is 4. The number of nitrogens with zero attached hydrogens (tertiary/aromatic N) is 9. The summed E-state index contributed by atoms with van der Waals surface area (Å²) in [5.41, 5.74) is 21.6. The lowest BCUT2D eigenvalue weighted by molar-refractivity contribution is -0.121. The second kappa shape index (κ2) is 46.7. The average molecular weight is 1760 g/mol. The Kier molecular flexibility index (Phi) is 34.2. The molecule has 8 heterocycles. The first kappa shape index (κ1) is 95.2. The first-order chi connectivity index (χ1) is 63.8. The third kappa shape index (κ3) is 21.1. The molecule has 0 fully saturated rings. The second-order valence-electron chi connectivity index (χ2n) is 27.9. The van der Waals surface area contributed by atoms with Crippen molar-refractivity contribution in [2.75, 3.05) is 6.61 Å². The third-order valence-corrected chi connectivity index (χ3v) is 21.8. The van der Waals surface area contributed by atoms with E-state index in [0.717, 1.165) is 82.3 Å². The van der Waals surface area contributed by atoms with Crippen LogP contribution in [0.15, 0.2) is 328 Å². The van der Waals surface area contributed by atoms with Gasteiger partial charge in [0.05, 0.1) is 52.3 Å². The largest absolute Gasteiger partial charge is 0.389 e. The maximum absolute atomic E-state index is 13.1. The van der Waals surface area contributed by atoms with Gasteiger partial charge in [-0.05, 0) is 127 Å². The zero-order chi connectivity index (χ0) is 92.8. The zero-order valence-electron chi connectivity index (χ0n) is 73.8. The van der Waals surface area contributed by atoms with Crippen LogP contribution in [0.25, 0.3) is 115 Å². The van der Waals surface area contributed by atoms with Crippen LogP contribution in [0.4, 0.5) is 0 Å². The summed E-state index contributed by atoms with van der Waals surface area (Å²) in [5, 5.41) is 63.2. The van der Waals surface area contributed by atoms with Crippen molar-refractivity contribution in [3.05, 3.63) is 377 Å². The molecule has 8 aromatic heterocycles. The van der Waals surface area contributed by atoms with Crippen molar-refractivity contribution < 1.29 is 54.7 Å². The van der Waals surface area contributed by atoms with Crippen LogP contribution in [0, 0.1) is 0 Å². The topological polar surface area (TPSA) is 328 Å². The molecular formula is C105H103N13O11S. The van der Waals surface area contributed by atoms with Gasteiger partial charge in [0.25, 0.3) is 23.6 Å². The molecule has 0 saturated heterocycles. The molecule has 20 rings (SSSR count). The molecule has 25 heteroatoms. The number of ketones is 1. The fourth-order valence-corrected chi connectivity index (χ4v) is 16.1. The normalized spacial score (nSPS) is 10.5. The van der Waals surface area contributed by atoms with Gasteiger partial charge in [-0.25, -0.2) is 31.9 Å². The Bertz CT molecular complexity index is 6800. The molecule has 0 saturated carbocycles. The fraction of sp³-hybridized carbons (Fsp3) is 0.143. The van der Waals surface area contributed by atoms with Crippen LogP contribution in [-0.4, -0.2) is 111 Å². The van der Waals surface area contributed by atoms with Crippen LogP contribution in [0.2, 0.25) is 0 Å². The van der Waals surface area contributed by atoms with E-state index in [0.29, 0.717) is 30.1 Å². The first-order valence-electron chi connectivity index (χ1n) is 43.0. The van der Waals surface area contributed by atoms with E-state index >= 15 is 0 Å². The molecule has 130 heavy (non-hydrogen) atoms. The number of aliphatic hydroxyl groups excluding tert-OH is 1. The maximum Gasteiger partial charge on any atom is 0.312 e. The van der Waals surface area contributed by atoms with Gasteiger partial charge < -0.3 is 23.4 Å². The van der Waals surface area contributed by atoms with Crippen LogP contribution < -0.4 is 21.9 Å². The number of hydrogen-bond donors (Lipinski definition) is 9. The molecule has 0 radical (unpaired) electrons. The molecule has 0 aliphatic rings. The monoisotopic (exact) mass is 1750 g/mol. The van der Waals surface area contributed by atoms with Crippen LogP contribution in [0.3, 0.4) is 0 Å². The van der Waals surface area contributed by atoms with Gasteiger partial charge in [0.2, 0.25) is 5.82 Å². The molecule has 0 atom stereocenters. The summed E-state index contributed by atoms with van der Waals surface area (Å²) in [7, 11) is 0. The summed E-state index contributed by atoms with van der Waals surface area (Å²) in [6.45, 7) is 21.4. The van der Waals surface area contributed by atoms with E-state index < -0.39 is 30.2 Å². The predicted octanol–water partition coefficient (Wildman–Crippen LogP) is 22.1. The molecule has 0 bridgehead atoms. The molecule has 0 spiro atoms. The summed E-state index contributed by atoms with van der Waals surface area (Å²) >= 11 is 1.39. The smallest absolute Gasteiger partial charge is 0.312 e. The van der Waals surface area contributed by atoms with E-state index in [-0.39, 0.29) is 35.2 Å². The Labute approximate surface area is 755 Å². The number of rotatable bonds is 15. The number of aromatic nitrogens is 9. The predicted molar refractivity (Wildman–Crippen MR) is 520 cm³/mol. The highest BCUT2D eigenvalue weighted by atomic mass is 32.1. The number of carbonyl (C=O) groups is 6. The Hall–Kier alpha value is -15.5. The molecule has 20 aromatic rings. The molecule has 9 N–H and O–H groups in total. The van der Waals surface area contributed by atoms with Gasteiger partial charge in [0.1, 0.15) is 6.61 Å². The standard InChI is InChI=1S/C21H17NO2.C20H14N2O3.2C18H14N4O2.C18H14N2O2S.5C2H6/c23-14-17(24)13-15-9-11-16(12-10-15)22-20-7-3-1-5-18(20)19-6-2-4-8-21(19)22;23-19(21-25)13-9-11-14(12-10-13)20(24)22-17-7-3-1-5-15(17)16-6-2-4-8-18(16)22;23-18(21-24)17-19-9-12(10-20-17)11-22-15-7-3-1-5-13(15)14-6-2-4-8-16(14)22;23-18(21-24)15-10-9-12(19-20-15)11-22-16-7-3-1-5-13(16)14-6-2-4-8-17(14)22;21-18(19-22)17-10-9-12(23-17)11-20-15-7-3-1-5-13(15)14-6-2-4-8-16(14)20;5*1-2/h1-12,23H,13-14H2;1-12,25H,(H,21,23);2*1-10,24H,11H2,(H,21,23);1-10,22H,11H2,(H,19,21);5*1-2H3. The van der Waals surface area contributed by atoms with Crippen molar-refractivity contribution in [3.8, 4) is 5.69 Å². The van der Waals surface area contributed by atoms with Gasteiger partial charge in [-0.2, -0.15) is 5.10 Å². The van der Waals surface area contributed by atoms with Crippen molar-refractivity contribution in [1.82, 2.24) is 64.9 Å². The Morgan fingerprint density at radius 3 is 1.02 bits per heavy atom. The van der Waals surface area contributed by atoms with Crippen LogP contribution >= 0.6 is 11.3 Å². The highest BCUT2D eigenvalue weighted by Gasteiger charge is 2.21.